The monoisotopic (exact) mass is 129 g/mol. The number of carbonyl (C=O) groups excluding carboxylic acids is 1. The van der Waals surface area contributed by atoms with Gasteiger partial charge in [-0.3, -0.25) is 20.7 Å². The fourth-order valence-corrected chi connectivity index (χ4v) is 0.771. The van der Waals surface area contributed by atoms with Gasteiger partial charge in [0, 0.05) is 13.3 Å². The van der Waals surface area contributed by atoms with Gasteiger partial charge < -0.3 is 0 Å². The SMILES string of the molecule is CC(=O)C1NCNCN1. The van der Waals surface area contributed by atoms with Crippen molar-refractivity contribution in [3.8, 4) is 0 Å². The molecule has 0 radical (unpaired) electrons. The maximum absolute atomic E-state index is 10.6. The second-order valence-corrected chi connectivity index (χ2v) is 2.06. The summed E-state index contributed by atoms with van der Waals surface area (Å²) < 4.78 is 0. The van der Waals surface area contributed by atoms with Gasteiger partial charge in [-0.05, 0) is 6.92 Å². The highest BCUT2D eigenvalue weighted by Crippen LogP contribution is 1.81. The minimum atomic E-state index is -0.147. The lowest BCUT2D eigenvalue weighted by Crippen LogP contribution is -2.58. The van der Waals surface area contributed by atoms with E-state index in [4.69, 9.17) is 0 Å². The van der Waals surface area contributed by atoms with Crippen molar-refractivity contribution in [3.05, 3.63) is 0 Å². The van der Waals surface area contributed by atoms with Crippen molar-refractivity contribution in [3.63, 3.8) is 0 Å². The zero-order valence-electron chi connectivity index (χ0n) is 5.40. The molecule has 0 aromatic rings. The molecule has 0 aliphatic carbocycles. The molecule has 0 spiro atoms. The van der Waals surface area contributed by atoms with Crippen LogP contribution in [0.5, 0.6) is 0 Å². The minimum Gasteiger partial charge on any atom is -0.297 e. The van der Waals surface area contributed by atoms with Crippen molar-refractivity contribution in [2.45, 2.75) is 13.1 Å². The third-order valence-corrected chi connectivity index (χ3v) is 1.27. The molecule has 0 aromatic heterocycles. The van der Waals surface area contributed by atoms with Crippen LogP contribution in [-0.2, 0) is 4.79 Å². The number of hydrogen-bond donors (Lipinski definition) is 3. The highest BCUT2D eigenvalue weighted by atomic mass is 16.1. The highest BCUT2D eigenvalue weighted by Gasteiger charge is 2.13. The first-order valence-corrected chi connectivity index (χ1v) is 2.98. The van der Waals surface area contributed by atoms with Gasteiger partial charge in [0.2, 0.25) is 0 Å². The van der Waals surface area contributed by atoms with Crippen molar-refractivity contribution in [2.24, 2.45) is 0 Å². The molecular formula is C5H11N3O. The molecule has 0 bridgehead atoms. The van der Waals surface area contributed by atoms with Gasteiger partial charge in [-0.1, -0.05) is 0 Å². The molecule has 0 unspecified atom stereocenters. The van der Waals surface area contributed by atoms with Gasteiger partial charge >= 0.3 is 0 Å². The van der Waals surface area contributed by atoms with E-state index in [0.29, 0.717) is 13.3 Å². The number of ketones is 1. The second kappa shape index (κ2) is 2.91. The van der Waals surface area contributed by atoms with E-state index in [-0.39, 0.29) is 11.9 Å². The Morgan fingerprint density at radius 3 is 2.33 bits per heavy atom. The predicted octanol–water partition coefficient (Wildman–Crippen LogP) is -1.40. The largest absolute Gasteiger partial charge is 0.297 e. The minimum absolute atomic E-state index is 0.136. The lowest BCUT2D eigenvalue weighted by molar-refractivity contribution is -0.120. The lowest BCUT2D eigenvalue weighted by atomic mass is 10.3. The summed E-state index contributed by atoms with van der Waals surface area (Å²) in [6.45, 7) is 2.98. The highest BCUT2D eigenvalue weighted by molar-refractivity contribution is 5.80. The predicted molar refractivity (Wildman–Crippen MR) is 33.6 cm³/mol. The van der Waals surface area contributed by atoms with E-state index < -0.39 is 0 Å². The Labute approximate surface area is 54.0 Å². The molecule has 4 heteroatoms. The van der Waals surface area contributed by atoms with Gasteiger partial charge in [-0.25, -0.2) is 0 Å². The van der Waals surface area contributed by atoms with Gasteiger partial charge in [-0.15, -0.1) is 0 Å². The molecule has 52 valence electrons. The maximum Gasteiger partial charge on any atom is 0.161 e. The number of carbonyl (C=O) groups is 1. The van der Waals surface area contributed by atoms with Crippen LogP contribution in [-0.4, -0.2) is 25.3 Å². The van der Waals surface area contributed by atoms with Crippen LogP contribution in [0, 0.1) is 0 Å². The average Bonchev–Trinajstić information content (AvgIpc) is 1.90. The van der Waals surface area contributed by atoms with Gasteiger partial charge in [0.25, 0.3) is 0 Å². The quantitative estimate of drug-likeness (QED) is 0.407. The van der Waals surface area contributed by atoms with Crippen molar-refractivity contribution in [2.75, 3.05) is 13.3 Å². The number of nitrogens with one attached hydrogen (secondary N) is 3. The average molecular weight is 129 g/mol. The van der Waals surface area contributed by atoms with Crippen LogP contribution in [0.1, 0.15) is 6.92 Å². The molecule has 1 rings (SSSR count). The van der Waals surface area contributed by atoms with Crippen LogP contribution < -0.4 is 16.0 Å². The molecule has 4 nitrogen and oxygen atoms in total. The Morgan fingerprint density at radius 1 is 1.44 bits per heavy atom. The van der Waals surface area contributed by atoms with Gasteiger partial charge in [0.1, 0.15) is 6.17 Å². The molecule has 1 aliphatic heterocycles. The molecular weight excluding hydrogens is 118 g/mol. The summed E-state index contributed by atoms with van der Waals surface area (Å²) in [6, 6.07) is 0. The van der Waals surface area contributed by atoms with Gasteiger partial charge in [0.05, 0.1) is 0 Å². The molecule has 9 heavy (non-hydrogen) atoms. The summed E-state index contributed by atoms with van der Waals surface area (Å²) in [4.78, 5) is 10.6. The third-order valence-electron chi connectivity index (χ3n) is 1.27. The Kier molecular flexibility index (Phi) is 2.16. The Morgan fingerprint density at radius 2 is 2.00 bits per heavy atom. The van der Waals surface area contributed by atoms with E-state index in [0.717, 1.165) is 0 Å². The van der Waals surface area contributed by atoms with Crippen LogP contribution in [0.4, 0.5) is 0 Å². The fraction of sp³-hybridized carbons (Fsp3) is 0.800. The summed E-state index contributed by atoms with van der Waals surface area (Å²) in [5.74, 6) is 0.136. The smallest absolute Gasteiger partial charge is 0.161 e. The van der Waals surface area contributed by atoms with Crippen LogP contribution in [0.2, 0.25) is 0 Å². The first-order chi connectivity index (χ1) is 4.30. The summed E-state index contributed by atoms with van der Waals surface area (Å²) in [6.07, 6.45) is -0.147. The molecule has 1 heterocycles. The Hall–Kier alpha value is -0.450. The van der Waals surface area contributed by atoms with Gasteiger partial charge in [-0.2, -0.15) is 0 Å². The van der Waals surface area contributed by atoms with E-state index in [1.54, 1.807) is 6.92 Å². The first-order valence-electron chi connectivity index (χ1n) is 2.98. The summed E-state index contributed by atoms with van der Waals surface area (Å²) in [5, 5.41) is 8.89. The van der Waals surface area contributed by atoms with E-state index in [1.807, 2.05) is 0 Å². The van der Waals surface area contributed by atoms with E-state index >= 15 is 0 Å². The molecule has 0 saturated carbocycles. The van der Waals surface area contributed by atoms with E-state index in [2.05, 4.69) is 16.0 Å². The van der Waals surface area contributed by atoms with Crippen LogP contribution in [0.25, 0.3) is 0 Å². The first kappa shape index (κ1) is 6.67. The zero-order valence-corrected chi connectivity index (χ0v) is 5.40. The summed E-state index contributed by atoms with van der Waals surface area (Å²) >= 11 is 0. The molecule has 3 N–H and O–H groups in total. The lowest BCUT2D eigenvalue weighted by Gasteiger charge is -2.23. The number of hydrogen-bond acceptors (Lipinski definition) is 4. The van der Waals surface area contributed by atoms with Crippen molar-refractivity contribution >= 4 is 5.78 Å². The maximum atomic E-state index is 10.6. The van der Waals surface area contributed by atoms with Crippen molar-refractivity contribution in [1.82, 2.24) is 16.0 Å². The zero-order chi connectivity index (χ0) is 6.69. The van der Waals surface area contributed by atoms with E-state index in [9.17, 15) is 4.79 Å². The Balaban J connectivity index is 2.31. The normalized spacial score (nSPS) is 21.9. The van der Waals surface area contributed by atoms with Crippen molar-refractivity contribution in [1.29, 1.82) is 0 Å². The molecule has 0 amide bonds. The number of rotatable bonds is 1. The molecule has 1 aliphatic rings. The molecule has 1 saturated heterocycles. The molecule has 1 fully saturated rings. The topological polar surface area (TPSA) is 53.2 Å². The van der Waals surface area contributed by atoms with Crippen LogP contribution >= 0.6 is 0 Å². The van der Waals surface area contributed by atoms with E-state index in [1.165, 1.54) is 0 Å². The van der Waals surface area contributed by atoms with Crippen LogP contribution in [0.15, 0.2) is 0 Å². The number of Topliss-reactive ketones (excluding diaryl/α,β-unsaturated/α-hetero) is 1. The third kappa shape index (κ3) is 1.74. The van der Waals surface area contributed by atoms with Gasteiger partial charge in [0.15, 0.2) is 5.78 Å². The second-order valence-electron chi connectivity index (χ2n) is 2.06. The standard InChI is InChI=1S/C5H11N3O/c1-4(9)5-7-2-6-3-8-5/h5-8H,2-3H2,1H3. The van der Waals surface area contributed by atoms with Crippen molar-refractivity contribution < 1.29 is 4.79 Å². The molecule has 0 aromatic carbocycles. The summed E-state index contributed by atoms with van der Waals surface area (Å²) in [5.41, 5.74) is 0. The van der Waals surface area contributed by atoms with Crippen LogP contribution in [0.3, 0.4) is 0 Å². The molecule has 0 atom stereocenters. The summed E-state index contributed by atoms with van der Waals surface area (Å²) in [7, 11) is 0. The fourth-order valence-electron chi connectivity index (χ4n) is 0.771. The Bertz CT molecular complexity index is 109.